The van der Waals surface area contributed by atoms with E-state index in [1.54, 1.807) is 0 Å². The Bertz CT molecular complexity index is 583. The van der Waals surface area contributed by atoms with Gasteiger partial charge in [-0.2, -0.15) is 0 Å². The monoisotopic (exact) mass is 309 g/mol. The van der Waals surface area contributed by atoms with Gasteiger partial charge in [-0.25, -0.2) is 0 Å². The number of nitro groups is 1. The van der Waals surface area contributed by atoms with Gasteiger partial charge in [-0.1, -0.05) is 23.3 Å². The van der Waals surface area contributed by atoms with Gasteiger partial charge in [0.1, 0.15) is 5.69 Å². The van der Waals surface area contributed by atoms with Gasteiger partial charge >= 0.3 is 0 Å². The van der Waals surface area contributed by atoms with Crippen LogP contribution in [0.4, 0.5) is 11.4 Å². The second-order valence-corrected chi connectivity index (χ2v) is 5.96. The SMILES string of the molecule is CC(C)=CCN1CCNc2c(cc(Cl)cc2[N+](=O)[O-])C1C. The largest absolute Gasteiger partial charge is 0.378 e. The molecule has 1 aliphatic rings. The highest BCUT2D eigenvalue weighted by Gasteiger charge is 2.27. The molecule has 1 aromatic carbocycles. The van der Waals surface area contributed by atoms with Crippen LogP contribution in [0, 0.1) is 10.1 Å². The van der Waals surface area contributed by atoms with E-state index in [2.05, 4.69) is 37.1 Å². The Morgan fingerprint density at radius 1 is 1.57 bits per heavy atom. The maximum atomic E-state index is 11.2. The molecule has 1 N–H and O–H groups in total. The Morgan fingerprint density at radius 2 is 2.29 bits per heavy atom. The Kier molecular flexibility index (Phi) is 4.85. The molecule has 0 amide bonds. The van der Waals surface area contributed by atoms with Gasteiger partial charge in [0.25, 0.3) is 5.69 Å². The third kappa shape index (κ3) is 3.54. The number of halogens is 1. The second kappa shape index (κ2) is 6.45. The molecule has 0 saturated carbocycles. The first-order chi connectivity index (χ1) is 9.90. The predicted molar refractivity (Wildman–Crippen MR) is 86.0 cm³/mol. The Morgan fingerprint density at radius 3 is 2.90 bits per heavy atom. The Hall–Kier alpha value is -1.59. The molecule has 0 aromatic heterocycles. The van der Waals surface area contributed by atoms with Crippen LogP contribution in [0.15, 0.2) is 23.8 Å². The first-order valence-corrected chi connectivity index (χ1v) is 7.37. The van der Waals surface area contributed by atoms with Crippen molar-refractivity contribution in [3.8, 4) is 0 Å². The zero-order chi connectivity index (χ0) is 15.6. The van der Waals surface area contributed by atoms with Crippen LogP contribution in [-0.4, -0.2) is 29.5 Å². The van der Waals surface area contributed by atoms with Crippen LogP contribution in [0.3, 0.4) is 0 Å². The zero-order valence-electron chi connectivity index (χ0n) is 12.5. The summed E-state index contributed by atoms with van der Waals surface area (Å²) < 4.78 is 0. The number of hydrogen-bond donors (Lipinski definition) is 1. The van der Waals surface area contributed by atoms with Crippen LogP contribution >= 0.6 is 11.6 Å². The molecule has 1 unspecified atom stereocenters. The van der Waals surface area contributed by atoms with Crippen molar-refractivity contribution in [3.63, 3.8) is 0 Å². The highest BCUT2D eigenvalue weighted by atomic mass is 35.5. The van der Waals surface area contributed by atoms with Crippen LogP contribution in [0.5, 0.6) is 0 Å². The van der Waals surface area contributed by atoms with E-state index in [1.807, 2.05) is 6.07 Å². The van der Waals surface area contributed by atoms with Gasteiger partial charge in [0, 0.05) is 42.3 Å². The number of nitrogens with one attached hydrogen (secondary N) is 1. The zero-order valence-corrected chi connectivity index (χ0v) is 13.3. The summed E-state index contributed by atoms with van der Waals surface area (Å²) in [5.74, 6) is 0. The fourth-order valence-electron chi connectivity index (χ4n) is 2.54. The minimum absolute atomic E-state index is 0.0495. The lowest BCUT2D eigenvalue weighted by molar-refractivity contribution is -0.384. The molecule has 21 heavy (non-hydrogen) atoms. The third-order valence-electron chi connectivity index (χ3n) is 3.74. The van der Waals surface area contributed by atoms with E-state index in [4.69, 9.17) is 11.6 Å². The molecule has 0 bridgehead atoms. The number of rotatable bonds is 3. The molecule has 2 rings (SSSR count). The van der Waals surface area contributed by atoms with Crippen LogP contribution in [-0.2, 0) is 0 Å². The maximum Gasteiger partial charge on any atom is 0.294 e. The van der Waals surface area contributed by atoms with Gasteiger partial charge in [-0.15, -0.1) is 0 Å². The number of nitrogens with zero attached hydrogens (tertiary/aromatic N) is 2. The van der Waals surface area contributed by atoms with E-state index >= 15 is 0 Å². The molecule has 0 radical (unpaired) electrons. The average Bonchev–Trinajstić information content (AvgIpc) is 2.56. The van der Waals surface area contributed by atoms with Crippen molar-refractivity contribution in [2.24, 2.45) is 0 Å². The summed E-state index contributed by atoms with van der Waals surface area (Å²) in [4.78, 5) is 13.1. The highest BCUT2D eigenvalue weighted by Crippen LogP contribution is 2.38. The molecule has 0 spiro atoms. The summed E-state index contributed by atoms with van der Waals surface area (Å²) in [5.41, 5.74) is 2.79. The van der Waals surface area contributed by atoms with Gasteiger partial charge in [-0.05, 0) is 26.8 Å². The van der Waals surface area contributed by atoms with Gasteiger partial charge in [-0.3, -0.25) is 15.0 Å². The minimum atomic E-state index is -0.379. The van der Waals surface area contributed by atoms with Gasteiger partial charge < -0.3 is 5.32 Å². The number of nitro benzene ring substituents is 1. The molecule has 1 aliphatic heterocycles. The molecule has 0 aliphatic carbocycles. The fourth-order valence-corrected chi connectivity index (χ4v) is 2.76. The molecular formula is C15H20ClN3O2. The molecule has 0 fully saturated rings. The number of fused-ring (bicyclic) bond motifs is 1. The lowest BCUT2D eigenvalue weighted by atomic mass is 10.0. The van der Waals surface area contributed by atoms with Crippen LogP contribution in [0.2, 0.25) is 5.02 Å². The van der Waals surface area contributed by atoms with Crippen LogP contribution < -0.4 is 5.32 Å². The first kappa shape index (κ1) is 15.8. The Labute approximate surface area is 129 Å². The molecule has 1 heterocycles. The molecule has 5 nitrogen and oxygen atoms in total. The van der Waals surface area contributed by atoms with Gasteiger partial charge in [0.05, 0.1) is 4.92 Å². The Balaban J connectivity index is 2.42. The molecule has 114 valence electrons. The summed E-state index contributed by atoms with van der Waals surface area (Å²) in [7, 11) is 0. The van der Waals surface area contributed by atoms with Crippen molar-refractivity contribution < 1.29 is 4.92 Å². The third-order valence-corrected chi connectivity index (χ3v) is 3.96. The van der Waals surface area contributed by atoms with Crippen LogP contribution in [0.25, 0.3) is 0 Å². The summed E-state index contributed by atoms with van der Waals surface area (Å²) in [6, 6.07) is 3.30. The number of hydrogen-bond acceptors (Lipinski definition) is 4. The van der Waals surface area contributed by atoms with E-state index in [1.165, 1.54) is 11.6 Å². The van der Waals surface area contributed by atoms with Crippen molar-refractivity contribution in [2.75, 3.05) is 25.0 Å². The summed E-state index contributed by atoms with van der Waals surface area (Å²) in [6.45, 7) is 8.52. The highest BCUT2D eigenvalue weighted by molar-refractivity contribution is 6.31. The number of benzene rings is 1. The lowest BCUT2D eigenvalue weighted by Gasteiger charge is -2.26. The quantitative estimate of drug-likeness (QED) is 0.521. The van der Waals surface area contributed by atoms with E-state index < -0.39 is 0 Å². The number of anilines is 1. The molecule has 1 aromatic rings. The first-order valence-electron chi connectivity index (χ1n) is 6.99. The van der Waals surface area contributed by atoms with Gasteiger partial charge in [0.2, 0.25) is 0 Å². The van der Waals surface area contributed by atoms with Crippen molar-refractivity contribution in [3.05, 3.63) is 44.5 Å². The van der Waals surface area contributed by atoms with Crippen molar-refractivity contribution in [1.29, 1.82) is 0 Å². The molecule has 6 heteroatoms. The molecule has 1 atom stereocenters. The maximum absolute atomic E-state index is 11.2. The minimum Gasteiger partial charge on any atom is -0.378 e. The summed E-state index contributed by atoms with van der Waals surface area (Å²) in [5, 5.41) is 14.8. The summed E-state index contributed by atoms with van der Waals surface area (Å²) >= 11 is 6.06. The smallest absolute Gasteiger partial charge is 0.294 e. The van der Waals surface area contributed by atoms with E-state index in [-0.39, 0.29) is 16.7 Å². The van der Waals surface area contributed by atoms with Crippen molar-refractivity contribution >= 4 is 23.0 Å². The topological polar surface area (TPSA) is 58.4 Å². The number of allylic oxidation sites excluding steroid dienone is 1. The van der Waals surface area contributed by atoms with Crippen molar-refractivity contribution in [2.45, 2.75) is 26.8 Å². The normalized spacial score (nSPS) is 18.4. The van der Waals surface area contributed by atoms with Crippen molar-refractivity contribution in [1.82, 2.24) is 4.90 Å². The standard InChI is InChI=1S/C15H20ClN3O2/c1-10(2)4-6-18-7-5-17-15-13(11(18)3)8-12(16)9-14(15)19(20)21/h4,8-9,11,17H,5-7H2,1-3H3. The average molecular weight is 310 g/mol. The predicted octanol–water partition coefficient (Wildman–Crippen LogP) is 4.00. The second-order valence-electron chi connectivity index (χ2n) is 5.53. The lowest BCUT2D eigenvalue weighted by Crippen LogP contribution is -2.29. The summed E-state index contributed by atoms with van der Waals surface area (Å²) in [6.07, 6.45) is 2.17. The molecule has 0 saturated heterocycles. The van der Waals surface area contributed by atoms with E-state index in [0.29, 0.717) is 17.3 Å². The van der Waals surface area contributed by atoms with E-state index in [0.717, 1.165) is 18.7 Å². The fraction of sp³-hybridized carbons (Fsp3) is 0.467. The van der Waals surface area contributed by atoms with Crippen LogP contribution in [0.1, 0.15) is 32.4 Å². The molecular weight excluding hydrogens is 290 g/mol. The van der Waals surface area contributed by atoms with E-state index in [9.17, 15) is 10.1 Å². The van der Waals surface area contributed by atoms with Gasteiger partial charge in [0.15, 0.2) is 0 Å².